The first kappa shape index (κ1) is 21.8. The summed E-state index contributed by atoms with van der Waals surface area (Å²) in [4.78, 5) is 19.1. The van der Waals surface area contributed by atoms with Gasteiger partial charge in [-0.25, -0.2) is 9.78 Å². The van der Waals surface area contributed by atoms with Crippen molar-refractivity contribution in [3.05, 3.63) is 30.3 Å². The molecule has 1 N–H and O–H groups in total. The molecule has 168 valence electrons. The number of nitrogens with zero attached hydrogens (tertiary/aromatic N) is 2. The van der Waals surface area contributed by atoms with Crippen LogP contribution in [-0.2, 0) is 4.74 Å². The summed E-state index contributed by atoms with van der Waals surface area (Å²) in [6.07, 6.45) is 3.98. The van der Waals surface area contributed by atoms with E-state index in [1.54, 1.807) is 13.2 Å². The Labute approximate surface area is 184 Å². The van der Waals surface area contributed by atoms with Crippen LogP contribution >= 0.6 is 0 Å². The van der Waals surface area contributed by atoms with Crippen LogP contribution in [0.25, 0.3) is 10.9 Å². The number of nitrogens with one attached hydrogen (secondary N) is 1. The summed E-state index contributed by atoms with van der Waals surface area (Å²) in [5.74, 6) is 1.15. The molecule has 0 atom stereocenters. The minimum absolute atomic E-state index is 0.0758. The topological polar surface area (TPSA) is 72.9 Å². The smallest absolute Gasteiger partial charge is 0.413 e. The number of fused-ring (bicyclic) bond motifs is 1. The molecule has 1 aliphatic heterocycles. The molecule has 1 aromatic heterocycles. The molecule has 1 aliphatic carbocycles. The largest absolute Gasteiger partial charge is 0.490 e. The van der Waals surface area contributed by atoms with Gasteiger partial charge in [0.1, 0.15) is 11.9 Å². The van der Waals surface area contributed by atoms with Crippen molar-refractivity contribution in [3.8, 4) is 11.6 Å². The van der Waals surface area contributed by atoms with Gasteiger partial charge in [-0.1, -0.05) is 0 Å². The highest BCUT2D eigenvalue weighted by Crippen LogP contribution is 2.45. The Bertz CT molecular complexity index is 905. The van der Waals surface area contributed by atoms with Gasteiger partial charge in [-0.2, -0.15) is 0 Å². The molecule has 2 fully saturated rings. The number of likely N-dealkylation sites (tertiary alicyclic amines) is 1. The fraction of sp³-hybridized carbons (Fsp3) is 0.583. The van der Waals surface area contributed by atoms with Gasteiger partial charge >= 0.3 is 6.09 Å². The van der Waals surface area contributed by atoms with Gasteiger partial charge in [0.25, 0.3) is 0 Å². The normalized spacial score (nSPS) is 18.8. The number of benzene rings is 1. The van der Waals surface area contributed by atoms with E-state index in [1.807, 2.05) is 24.3 Å². The lowest BCUT2D eigenvalue weighted by molar-refractivity contribution is 0.0844. The standard InChI is InChI=1S/C24H33N3O4/c1-17(2)27-12-8-19(9-13-27)30-20-5-6-21-18(14-20)4-7-22(26-21)31-23(28)25-15-24(10-11-24)16-29-3/h4-7,14,17,19H,8-13,15-16H2,1-3H3,(H,25,28). The minimum atomic E-state index is -0.484. The molecule has 2 aromatic rings. The maximum Gasteiger partial charge on any atom is 0.413 e. The highest BCUT2D eigenvalue weighted by Gasteiger charge is 2.42. The number of rotatable bonds is 8. The molecule has 0 spiro atoms. The first-order valence-electron chi connectivity index (χ1n) is 11.2. The van der Waals surface area contributed by atoms with Crippen LogP contribution in [0.4, 0.5) is 4.79 Å². The van der Waals surface area contributed by atoms with Crippen molar-refractivity contribution < 1.29 is 19.0 Å². The van der Waals surface area contributed by atoms with E-state index in [1.165, 1.54) is 0 Å². The monoisotopic (exact) mass is 427 g/mol. The number of hydrogen-bond acceptors (Lipinski definition) is 6. The molecule has 1 amide bonds. The predicted octanol–water partition coefficient (Wildman–Crippen LogP) is 4.00. The van der Waals surface area contributed by atoms with Crippen molar-refractivity contribution in [1.29, 1.82) is 0 Å². The highest BCUT2D eigenvalue weighted by atomic mass is 16.6. The fourth-order valence-electron chi connectivity index (χ4n) is 4.16. The molecule has 1 saturated heterocycles. The van der Waals surface area contributed by atoms with E-state index in [2.05, 4.69) is 29.0 Å². The van der Waals surface area contributed by atoms with Crippen LogP contribution in [0.1, 0.15) is 39.5 Å². The summed E-state index contributed by atoms with van der Waals surface area (Å²) in [6, 6.07) is 10.1. The number of carbonyl (C=O) groups excluding carboxylic acids is 1. The summed E-state index contributed by atoms with van der Waals surface area (Å²) >= 11 is 0. The Morgan fingerprint density at radius 1 is 1.23 bits per heavy atom. The Balaban J connectivity index is 1.31. The average molecular weight is 428 g/mol. The van der Waals surface area contributed by atoms with E-state index in [0.29, 0.717) is 19.2 Å². The van der Waals surface area contributed by atoms with E-state index in [-0.39, 0.29) is 17.4 Å². The fourth-order valence-corrected chi connectivity index (χ4v) is 4.16. The maximum absolute atomic E-state index is 12.1. The quantitative estimate of drug-likeness (QED) is 0.687. The number of hydrogen-bond donors (Lipinski definition) is 1. The second-order valence-corrected chi connectivity index (χ2v) is 9.13. The predicted molar refractivity (Wildman–Crippen MR) is 120 cm³/mol. The number of carbonyl (C=O) groups is 1. The lowest BCUT2D eigenvalue weighted by Gasteiger charge is -2.34. The van der Waals surface area contributed by atoms with Crippen molar-refractivity contribution in [2.75, 3.05) is 33.4 Å². The number of piperidine rings is 1. The van der Waals surface area contributed by atoms with Crippen LogP contribution < -0.4 is 14.8 Å². The highest BCUT2D eigenvalue weighted by molar-refractivity contribution is 5.81. The van der Waals surface area contributed by atoms with E-state index < -0.39 is 6.09 Å². The van der Waals surface area contributed by atoms with E-state index >= 15 is 0 Å². The van der Waals surface area contributed by atoms with Gasteiger partial charge in [0.15, 0.2) is 0 Å². The van der Waals surface area contributed by atoms with Gasteiger partial charge < -0.3 is 24.4 Å². The third-order valence-corrected chi connectivity index (χ3v) is 6.36. The van der Waals surface area contributed by atoms with Gasteiger partial charge in [0, 0.05) is 49.7 Å². The van der Waals surface area contributed by atoms with Gasteiger partial charge in [0.05, 0.1) is 12.1 Å². The molecule has 0 bridgehead atoms. The molecule has 31 heavy (non-hydrogen) atoms. The van der Waals surface area contributed by atoms with Crippen LogP contribution in [0.2, 0.25) is 0 Å². The number of pyridine rings is 1. The molecule has 7 heteroatoms. The van der Waals surface area contributed by atoms with Gasteiger partial charge in [0.2, 0.25) is 5.88 Å². The summed E-state index contributed by atoms with van der Waals surface area (Å²) in [5, 5.41) is 3.79. The first-order chi connectivity index (χ1) is 15.0. The molecule has 7 nitrogen and oxygen atoms in total. The van der Waals surface area contributed by atoms with E-state index in [9.17, 15) is 4.79 Å². The second-order valence-electron chi connectivity index (χ2n) is 9.13. The second kappa shape index (κ2) is 9.40. The molecule has 1 saturated carbocycles. The van der Waals surface area contributed by atoms with Gasteiger partial charge in [-0.05, 0) is 63.8 Å². The number of ether oxygens (including phenoxy) is 3. The maximum atomic E-state index is 12.1. The lowest BCUT2D eigenvalue weighted by atomic mass is 10.1. The molecule has 0 unspecified atom stereocenters. The zero-order valence-corrected chi connectivity index (χ0v) is 18.7. The first-order valence-corrected chi connectivity index (χ1v) is 11.2. The average Bonchev–Trinajstić information content (AvgIpc) is 3.53. The Hall–Kier alpha value is -2.38. The van der Waals surface area contributed by atoms with Crippen molar-refractivity contribution >= 4 is 17.0 Å². The van der Waals surface area contributed by atoms with Crippen molar-refractivity contribution in [3.63, 3.8) is 0 Å². The van der Waals surface area contributed by atoms with Crippen LogP contribution in [-0.4, -0.2) is 61.5 Å². The number of methoxy groups -OCH3 is 1. The summed E-state index contributed by atoms with van der Waals surface area (Å²) < 4.78 is 16.8. The van der Waals surface area contributed by atoms with Crippen LogP contribution in [0.5, 0.6) is 11.6 Å². The number of amides is 1. The van der Waals surface area contributed by atoms with Crippen LogP contribution in [0, 0.1) is 5.41 Å². The summed E-state index contributed by atoms with van der Waals surface area (Å²) in [6.45, 7) is 7.85. The van der Waals surface area contributed by atoms with Gasteiger partial charge in [-0.3, -0.25) is 0 Å². The Kier molecular flexibility index (Phi) is 6.62. The van der Waals surface area contributed by atoms with Crippen molar-refractivity contribution in [2.24, 2.45) is 5.41 Å². The zero-order valence-electron chi connectivity index (χ0n) is 18.7. The molecule has 2 aliphatic rings. The summed E-state index contributed by atoms with van der Waals surface area (Å²) in [7, 11) is 1.68. The lowest BCUT2D eigenvalue weighted by Crippen LogP contribution is -2.41. The van der Waals surface area contributed by atoms with Crippen LogP contribution in [0.15, 0.2) is 30.3 Å². The van der Waals surface area contributed by atoms with E-state index in [4.69, 9.17) is 14.2 Å². The molecule has 0 radical (unpaired) electrons. The molecule has 2 heterocycles. The SMILES string of the molecule is COCC1(CNC(=O)Oc2ccc3cc(OC4CCN(C(C)C)CC4)ccc3n2)CC1. The summed E-state index contributed by atoms with van der Waals surface area (Å²) in [5.41, 5.74) is 0.845. The minimum Gasteiger partial charge on any atom is -0.490 e. The van der Waals surface area contributed by atoms with Crippen molar-refractivity contribution in [1.82, 2.24) is 15.2 Å². The third kappa shape index (κ3) is 5.66. The molecular formula is C24H33N3O4. The molecular weight excluding hydrogens is 394 g/mol. The zero-order chi connectivity index (χ0) is 21.8. The third-order valence-electron chi connectivity index (χ3n) is 6.36. The Morgan fingerprint density at radius 2 is 2.00 bits per heavy atom. The molecule has 4 rings (SSSR count). The van der Waals surface area contributed by atoms with Crippen molar-refractivity contribution in [2.45, 2.75) is 51.7 Å². The Morgan fingerprint density at radius 3 is 2.68 bits per heavy atom. The van der Waals surface area contributed by atoms with E-state index in [0.717, 1.165) is 55.4 Å². The number of aromatic nitrogens is 1. The molecule has 1 aromatic carbocycles. The van der Waals surface area contributed by atoms with Crippen LogP contribution in [0.3, 0.4) is 0 Å². The van der Waals surface area contributed by atoms with Gasteiger partial charge in [-0.15, -0.1) is 0 Å².